The molecule has 0 aliphatic heterocycles. The third kappa shape index (κ3) is 6.38. The van der Waals surface area contributed by atoms with Crippen LogP contribution in [0.4, 0.5) is 11.6 Å². The molecule has 19 heavy (non-hydrogen) atoms. The number of hydrogen-bond donors (Lipinski definition) is 3. The number of aromatic nitrogens is 2. The van der Waals surface area contributed by atoms with E-state index in [0.717, 1.165) is 24.7 Å². The zero-order valence-electron chi connectivity index (χ0n) is 12.6. The Labute approximate surface area is 116 Å². The molecule has 0 aliphatic rings. The second-order valence-corrected chi connectivity index (χ2v) is 5.41. The van der Waals surface area contributed by atoms with E-state index in [-0.39, 0.29) is 5.54 Å². The van der Waals surface area contributed by atoms with Gasteiger partial charge in [0.2, 0.25) is 0 Å². The Hall–Kier alpha value is -1.36. The van der Waals surface area contributed by atoms with Gasteiger partial charge in [0.15, 0.2) is 0 Å². The average molecular weight is 265 g/mol. The maximum atomic E-state index is 4.23. The molecule has 0 amide bonds. The molecule has 0 aromatic carbocycles. The van der Waals surface area contributed by atoms with E-state index in [0.29, 0.717) is 0 Å². The van der Waals surface area contributed by atoms with Gasteiger partial charge in [-0.05, 0) is 27.3 Å². The Kier molecular flexibility index (Phi) is 6.56. The highest BCUT2D eigenvalue weighted by atomic mass is 15.1. The third-order valence-electron chi connectivity index (χ3n) is 3.14. The fraction of sp³-hybridized carbons (Fsp3) is 0.714. The van der Waals surface area contributed by atoms with Crippen molar-refractivity contribution in [1.82, 2.24) is 15.3 Å². The first-order valence-corrected chi connectivity index (χ1v) is 7.06. The number of unbranched alkanes of at least 4 members (excludes halogenated alkanes) is 2. The molecule has 1 heterocycles. The van der Waals surface area contributed by atoms with Crippen molar-refractivity contribution in [3.05, 3.63) is 12.4 Å². The summed E-state index contributed by atoms with van der Waals surface area (Å²) in [5.41, 5.74) is 0.0413. The van der Waals surface area contributed by atoms with Crippen LogP contribution in [0.3, 0.4) is 0 Å². The van der Waals surface area contributed by atoms with Gasteiger partial charge in [-0.3, -0.25) is 0 Å². The highest BCUT2D eigenvalue weighted by Crippen LogP contribution is 2.10. The molecule has 0 unspecified atom stereocenters. The van der Waals surface area contributed by atoms with Crippen molar-refractivity contribution >= 4 is 11.6 Å². The minimum absolute atomic E-state index is 0.0413. The summed E-state index contributed by atoms with van der Waals surface area (Å²) in [4.78, 5) is 8.45. The predicted molar refractivity (Wildman–Crippen MR) is 81.7 cm³/mol. The van der Waals surface area contributed by atoms with E-state index >= 15 is 0 Å². The van der Waals surface area contributed by atoms with Crippen molar-refractivity contribution in [1.29, 1.82) is 0 Å². The number of anilines is 2. The topological polar surface area (TPSA) is 61.9 Å². The normalized spacial score (nSPS) is 11.4. The molecule has 0 aliphatic carbocycles. The molecule has 108 valence electrons. The minimum Gasteiger partial charge on any atom is -0.370 e. The molecule has 0 radical (unpaired) electrons. The van der Waals surface area contributed by atoms with E-state index < -0.39 is 0 Å². The Bertz CT molecular complexity index is 365. The van der Waals surface area contributed by atoms with Crippen LogP contribution in [0.25, 0.3) is 0 Å². The summed E-state index contributed by atoms with van der Waals surface area (Å²) in [6.07, 6.45) is 5.25. The van der Waals surface area contributed by atoms with Crippen molar-refractivity contribution in [3.8, 4) is 0 Å². The van der Waals surface area contributed by atoms with Crippen LogP contribution in [0, 0.1) is 0 Å². The first-order chi connectivity index (χ1) is 9.07. The zero-order valence-corrected chi connectivity index (χ0v) is 12.6. The van der Waals surface area contributed by atoms with Gasteiger partial charge in [0.1, 0.15) is 18.0 Å². The molecule has 5 nitrogen and oxygen atoms in total. The largest absolute Gasteiger partial charge is 0.370 e. The van der Waals surface area contributed by atoms with E-state index in [1.165, 1.54) is 19.3 Å². The number of nitrogens with zero attached hydrogens (tertiary/aromatic N) is 2. The van der Waals surface area contributed by atoms with Crippen LogP contribution in [0.5, 0.6) is 0 Å². The van der Waals surface area contributed by atoms with Crippen molar-refractivity contribution < 1.29 is 0 Å². The molecule has 1 aromatic rings. The number of rotatable bonds is 9. The van der Waals surface area contributed by atoms with Crippen molar-refractivity contribution in [2.24, 2.45) is 0 Å². The fourth-order valence-corrected chi connectivity index (χ4v) is 1.54. The van der Waals surface area contributed by atoms with Crippen molar-refractivity contribution in [2.45, 2.75) is 45.6 Å². The highest BCUT2D eigenvalue weighted by molar-refractivity contribution is 5.46. The number of nitrogens with one attached hydrogen (secondary N) is 3. The maximum absolute atomic E-state index is 4.23. The Morgan fingerprint density at radius 2 is 1.79 bits per heavy atom. The highest BCUT2D eigenvalue weighted by Gasteiger charge is 2.14. The number of hydrogen-bond acceptors (Lipinski definition) is 5. The molecule has 0 bridgehead atoms. The second-order valence-electron chi connectivity index (χ2n) is 5.41. The van der Waals surface area contributed by atoms with E-state index in [9.17, 15) is 0 Å². The lowest BCUT2D eigenvalue weighted by molar-refractivity contribution is 0.447. The van der Waals surface area contributed by atoms with Crippen molar-refractivity contribution in [2.75, 3.05) is 30.8 Å². The average Bonchev–Trinajstić information content (AvgIpc) is 2.42. The summed E-state index contributed by atoms with van der Waals surface area (Å²) < 4.78 is 0. The van der Waals surface area contributed by atoms with Crippen LogP contribution in [0.1, 0.15) is 40.0 Å². The van der Waals surface area contributed by atoms with Gasteiger partial charge in [0, 0.05) is 24.7 Å². The Morgan fingerprint density at radius 1 is 1.11 bits per heavy atom. The van der Waals surface area contributed by atoms with Gasteiger partial charge in [-0.1, -0.05) is 19.8 Å². The first kappa shape index (κ1) is 15.7. The quantitative estimate of drug-likeness (QED) is 0.599. The summed E-state index contributed by atoms with van der Waals surface area (Å²) in [5, 5.41) is 9.90. The van der Waals surface area contributed by atoms with Gasteiger partial charge in [0.25, 0.3) is 0 Å². The lowest BCUT2D eigenvalue weighted by Crippen LogP contribution is -2.42. The third-order valence-corrected chi connectivity index (χ3v) is 3.14. The minimum atomic E-state index is 0.0413. The lowest BCUT2D eigenvalue weighted by atomic mass is 10.1. The summed E-state index contributed by atoms with van der Waals surface area (Å²) in [6.45, 7) is 8.27. The van der Waals surface area contributed by atoms with Gasteiger partial charge >= 0.3 is 0 Å². The van der Waals surface area contributed by atoms with E-state index in [1.54, 1.807) is 6.33 Å². The lowest BCUT2D eigenvalue weighted by Gasteiger charge is -2.24. The fourth-order valence-electron chi connectivity index (χ4n) is 1.54. The molecular formula is C14H27N5. The summed E-state index contributed by atoms with van der Waals surface area (Å²) >= 11 is 0. The van der Waals surface area contributed by atoms with Gasteiger partial charge in [-0.15, -0.1) is 0 Å². The van der Waals surface area contributed by atoms with Crippen LogP contribution in [0.15, 0.2) is 12.4 Å². The van der Waals surface area contributed by atoms with E-state index in [1.807, 2.05) is 13.1 Å². The SMILES string of the molecule is CCCCCNc1cc(NCC(C)(C)NC)ncn1. The van der Waals surface area contributed by atoms with Crippen LogP contribution in [-0.4, -0.2) is 35.6 Å². The maximum Gasteiger partial charge on any atom is 0.131 e. The summed E-state index contributed by atoms with van der Waals surface area (Å²) in [5.74, 6) is 1.74. The Balaban J connectivity index is 2.43. The second kappa shape index (κ2) is 7.94. The standard InChI is InChI=1S/C14H27N5/c1-5-6-7-8-16-12-9-13(19-11-18-12)17-10-14(2,3)15-4/h9,11,15H,5-8,10H2,1-4H3,(H2,16,17,18,19). The summed E-state index contributed by atoms with van der Waals surface area (Å²) in [7, 11) is 1.96. The molecule has 3 N–H and O–H groups in total. The van der Waals surface area contributed by atoms with Crippen molar-refractivity contribution in [3.63, 3.8) is 0 Å². The molecule has 1 aromatic heterocycles. The molecule has 0 atom stereocenters. The monoisotopic (exact) mass is 265 g/mol. The van der Waals surface area contributed by atoms with Crippen LogP contribution in [0.2, 0.25) is 0 Å². The van der Waals surface area contributed by atoms with Gasteiger partial charge in [-0.2, -0.15) is 0 Å². The molecule has 1 rings (SSSR count). The van der Waals surface area contributed by atoms with Gasteiger partial charge < -0.3 is 16.0 Å². The van der Waals surface area contributed by atoms with Crippen LogP contribution < -0.4 is 16.0 Å². The molecule has 0 spiro atoms. The van der Waals surface area contributed by atoms with E-state index in [2.05, 4.69) is 46.7 Å². The van der Waals surface area contributed by atoms with Gasteiger partial charge in [0.05, 0.1) is 0 Å². The molecular weight excluding hydrogens is 238 g/mol. The smallest absolute Gasteiger partial charge is 0.131 e. The molecule has 5 heteroatoms. The van der Waals surface area contributed by atoms with E-state index in [4.69, 9.17) is 0 Å². The summed E-state index contributed by atoms with van der Waals surface area (Å²) in [6, 6.07) is 1.96. The van der Waals surface area contributed by atoms with Crippen LogP contribution in [-0.2, 0) is 0 Å². The van der Waals surface area contributed by atoms with Gasteiger partial charge in [-0.25, -0.2) is 9.97 Å². The first-order valence-electron chi connectivity index (χ1n) is 7.06. The molecule has 0 saturated carbocycles. The number of likely N-dealkylation sites (N-methyl/N-ethyl adjacent to an activating group) is 1. The molecule has 0 saturated heterocycles. The van der Waals surface area contributed by atoms with Crippen LogP contribution >= 0.6 is 0 Å². The Morgan fingerprint density at radius 3 is 2.42 bits per heavy atom. The predicted octanol–water partition coefficient (Wildman–Crippen LogP) is 2.49. The zero-order chi connectivity index (χ0) is 14.1. The molecule has 0 fully saturated rings.